The number of aliphatic hydroxyl groups excluding tert-OH is 1. The van der Waals surface area contributed by atoms with E-state index in [4.69, 9.17) is 10.2 Å². The third-order valence-corrected chi connectivity index (χ3v) is 12.7. The number of carbonyl (C=O) groups excluding carboxylic acids is 2. The molecule has 0 aliphatic carbocycles. The molecule has 15 heteroatoms. The number of benzene rings is 2. The van der Waals surface area contributed by atoms with Crippen LogP contribution in [-0.4, -0.2) is 100 Å². The monoisotopic (exact) mass is 780 g/mol. The number of aromatic nitrogens is 1. The van der Waals surface area contributed by atoms with E-state index in [1.165, 1.54) is 46.1 Å². The summed E-state index contributed by atoms with van der Waals surface area (Å²) in [6.07, 6.45) is 0.123. The van der Waals surface area contributed by atoms with Gasteiger partial charge >= 0.3 is 6.03 Å². The molecule has 0 saturated carbocycles. The molecule has 1 saturated heterocycles. The summed E-state index contributed by atoms with van der Waals surface area (Å²) in [6.45, 7) is 10.4. The van der Waals surface area contributed by atoms with Crippen LogP contribution in [0.4, 0.5) is 4.79 Å². The van der Waals surface area contributed by atoms with Crippen LogP contribution in [0.2, 0.25) is 0 Å². The van der Waals surface area contributed by atoms with Crippen LogP contribution in [0, 0.1) is 11.3 Å². The first kappa shape index (κ1) is 40.0. The molecule has 2 aromatic carbocycles. The molecule has 3 heterocycles. The van der Waals surface area contributed by atoms with Crippen molar-refractivity contribution >= 4 is 50.8 Å². The number of carbonyl (C=O) groups is 2. The van der Waals surface area contributed by atoms with Gasteiger partial charge in [-0.2, -0.15) is 4.31 Å². The number of hydrogen-bond acceptors (Lipinski definition) is 10. The van der Waals surface area contributed by atoms with Crippen molar-refractivity contribution in [2.45, 2.75) is 70.7 Å². The summed E-state index contributed by atoms with van der Waals surface area (Å²) in [5.41, 5.74) is 1.47. The SMILES string of the molecule is CC(C)CN(C[C@@H](O)[C@H](Cc1ccccc1)NC(=O)[C@@H](N1CCN(Cc2csc(-c3cccs3)n2)C1=O)C(C)(C)C)S(=O)(=O)c1ccc(/C=N/O)cc1. The highest BCUT2D eigenvalue weighted by molar-refractivity contribution is 7.89. The summed E-state index contributed by atoms with van der Waals surface area (Å²) >= 11 is 3.14. The molecule has 3 atom stereocenters. The van der Waals surface area contributed by atoms with Crippen LogP contribution in [0.25, 0.3) is 9.88 Å². The zero-order chi connectivity index (χ0) is 38.3. The summed E-state index contributed by atoms with van der Waals surface area (Å²) in [7, 11) is -4.07. The van der Waals surface area contributed by atoms with Gasteiger partial charge in [-0.05, 0) is 52.5 Å². The molecule has 0 bridgehead atoms. The largest absolute Gasteiger partial charge is 0.411 e. The summed E-state index contributed by atoms with van der Waals surface area (Å²) in [5.74, 6) is -0.499. The lowest BCUT2D eigenvalue weighted by Gasteiger charge is -2.38. The lowest BCUT2D eigenvalue weighted by Crippen LogP contribution is -2.59. The fraction of sp³-hybridized carbons (Fsp3) is 0.421. The van der Waals surface area contributed by atoms with E-state index in [0.717, 1.165) is 21.1 Å². The molecule has 0 unspecified atom stereocenters. The van der Waals surface area contributed by atoms with Gasteiger partial charge in [-0.25, -0.2) is 18.2 Å². The van der Waals surface area contributed by atoms with Gasteiger partial charge < -0.3 is 25.4 Å². The molecular weight excluding hydrogens is 733 g/mol. The molecule has 0 spiro atoms. The Labute approximate surface area is 319 Å². The molecule has 4 aromatic rings. The zero-order valence-corrected chi connectivity index (χ0v) is 33.1. The number of nitrogens with one attached hydrogen (secondary N) is 1. The molecule has 5 rings (SSSR count). The van der Waals surface area contributed by atoms with Crippen LogP contribution in [0.1, 0.15) is 51.4 Å². The van der Waals surface area contributed by atoms with Crippen LogP contribution in [0.15, 0.2) is 87.5 Å². The highest BCUT2D eigenvalue weighted by atomic mass is 32.2. The van der Waals surface area contributed by atoms with E-state index in [-0.39, 0.29) is 36.4 Å². The quantitative estimate of drug-likeness (QED) is 0.0741. The summed E-state index contributed by atoms with van der Waals surface area (Å²) in [4.78, 5) is 37.4. The number of thiophene rings is 1. The average Bonchev–Trinajstić information content (AvgIpc) is 3.88. The van der Waals surface area contributed by atoms with E-state index < -0.39 is 39.5 Å². The maximum atomic E-state index is 14.4. The minimum Gasteiger partial charge on any atom is -0.411 e. The van der Waals surface area contributed by atoms with E-state index in [1.54, 1.807) is 21.1 Å². The van der Waals surface area contributed by atoms with E-state index in [9.17, 15) is 23.1 Å². The van der Waals surface area contributed by atoms with Crippen LogP contribution in [0.5, 0.6) is 0 Å². The van der Waals surface area contributed by atoms with Crippen LogP contribution >= 0.6 is 22.7 Å². The number of aliphatic hydroxyl groups is 1. The van der Waals surface area contributed by atoms with Gasteiger partial charge in [-0.3, -0.25) is 4.79 Å². The first-order valence-electron chi connectivity index (χ1n) is 17.5. The number of amides is 3. The Morgan fingerprint density at radius 3 is 2.38 bits per heavy atom. The van der Waals surface area contributed by atoms with Crippen LogP contribution < -0.4 is 5.32 Å². The smallest absolute Gasteiger partial charge is 0.321 e. The second kappa shape index (κ2) is 17.3. The van der Waals surface area contributed by atoms with Crippen LogP contribution in [-0.2, 0) is 27.8 Å². The normalized spacial score (nSPS) is 15.8. The van der Waals surface area contributed by atoms with Crippen molar-refractivity contribution in [3.63, 3.8) is 0 Å². The molecule has 3 N–H and O–H groups in total. The number of sulfonamides is 1. The number of thiazole rings is 1. The molecule has 1 aliphatic heterocycles. The maximum Gasteiger partial charge on any atom is 0.321 e. The van der Waals surface area contributed by atoms with E-state index in [0.29, 0.717) is 25.2 Å². The minimum absolute atomic E-state index is 0.0226. The second-order valence-electron chi connectivity index (χ2n) is 14.7. The van der Waals surface area contributed by atoms with E-state index >= 15 is 0 Å². The van der Waals surface area contributed by atoms with Crippen molar-refractivity contribution in [2.24, 2.45) is 16.5 Å². The van der Waals surface area contributed by atoms with Crippen LogP contribution in [0.3, 0.4) is 0 Å². The zero-order valence-electron chi connectivity index (χ0n) is 30.6. The Kier molecular flexibility index (Phi) is 13.1. The summed E-state index contributed by atoms with van der Waals surface area (Å²) in [6, 6.07) is 17.2. The first-order chi connectivity index (χ1) is 25.2. The van der Waals surface area contributed by atoms with E-state index in [1.807, 2.05) is 87.8 Å². The lowest BCUT2D eigenvalue weighted by atomic mass is 9.84. The fourth-order valence-electron chi connectivity index (χ4n) is 6.45. The van der Waals surface area contributed by atoms with Crippen molar-refractivity contribution in [3.05, 3.63) is 94.3 Å². The van der Waals surface area contributed by atoms with Gasteiger partial charge in [0.2, 0.25) is 15.9 Å². The van der Waals surface area contributed by atoms with Crippen molar-refractivity contribution in [1.82, 2.24) is 24.4 Å². The first-order valence-corrected chi connectivity index (χ1v) is 20.7. The van der Waals surface area contributed by atoms with Gasteiger partial charge in [0.15, 0.2) is 0 Å². The standard InChI is InChI=1S/C38H48N6O6S3/c1-26(2)22-43(53(49,50)30-15-13-28(14-16-30)21-39-48)24-32(45)31(20-27-10-7-6-8-11-27)41-35(46)34(38(3,4)5)44-18-17-42(37(44)47)23-29-25-52-36(40-29)33-12-9-19-51-33/h6-16,19,21,25-26,31-32,34,45,48H,17-18,20,22-24H2,1-5H3,(H,41,46)/b39-21+/t31-,32+,34+/m0/s1. The molecule has 2 aromatic heterocycles. The number of urea groups is 1. The summed E-state index contributed by atoms with van der Waals surface area (Å²) in [5, 5.41) is 31.6. The Bertz CT molecular complexity index is 1940. The average molecular weight is 781 g/mol. The molecule has 3 amide bonds. The number of hydrogen-bond donors (Lipinski definition) is 3. The van der Waals surface area contributed by atoms with Crippen molar-refractivity contribution < 1.29 is 28.3 Å². The Hall–Kier alpha value is -4.15. The van der Waals surface area contributed by atoms with Gasteiger partial charge in [0.25, 0.3) is 0 Å². The second-order valence-corrected chi connectivity index (χ2v) is 18.4. The Morgan fingerprint density at radius 2 is 1.75 bits per heavy atom. The molecule has 1 aliphatic rings. The fourth-order valence-corrected chi connectivity index (χ4v) is 9.69. The molecule has 284 valence electrons. The number of rotatable bonds is 16. The Morgan fingerprint density at radius 1 is 1.04 bits per heavy atom. The van der Waals surface area contributed by atoms with Gasteiger partial charge in [0, 0.05) is 31.6 Å². The third-order valence-electron chi connectivity index (χ3n) is 8.92. The number of oxime groups is 1. The van der Waals surface area contributed by atoms with E-state index in [2.05, 4.69) is 10.5 Å². The summed E-state index contributed by atoms with van der Waals surface area (Å²) < 4.78 is 29.1. The highest BCUT2D eigenvalue weighted by Crippen LogP contribution is 2.31. The van der Waals surface area contributed by atoms with Gasteiger partial charge in [-0.15, -0.1) is 22.7 Å². The third kappa shape index (κ3) is 10.1. The predicted octanol–water partition coefficient (Wildman–Crippen LogP) is 5.77. The van der Waals surface area contributed by atoms with Crippen molar-refractivity contribution in [1.29, 1.82) is 0 Å². The molecular formula is C38H48N6O6S3. The molecule has 53 heavy (non-hydrogen) atoms. The number of nitrogens with zero attached hydrogens (tertiary/aromatic N) is 5. The van der Waals surface area contributed by atoms with Crippen molar-refractivity contribution in [3.8, 4) is 9.88 Å². The molecule has 0 radical (unpaired) electrons. The minimum atomic E-state index is -4.07. The predicted molar refractivity (Wildman–Crippen MR) is 209 cm³/mol. The highest BCUT2D eigenvalue weighted by Gasteiger charge is 2.44. The van der Waals surface area contributed by atoms with Gasteiger partial charge in [0.1, 0.15) is 11.0 Å². The lowest BCUT2D eigenvalue weighted by molar-refractivity contribution is -0.130. The van der Waals surface area contributed by atoms with Gasteiger partial charge in [0.05, 0.1) is 40.4 Å². The maximum absolute atomic E-state index is 14.4. The van der Waals surface area contributed by atoms with Gasteiger partial charge in [-0.1, -0.05) is 88.3 Å². The topological polar surface area (TPSA) is 156 Å². The molecule has 1 fully saturated rings. The van der Waals surface area contributed by atoms with Crippen molar-refractivity contribution in [2.75, 3.05) is 26.2 Å². The molecule has 12 nitrogen and oxygen atoms in total. The Balaban J connectivity index is 1.36.